The Morgan fingerprint density at radius 1 is 1.00 bits per heavy atom. The molecular weight excluding hydrogens is 182 g/mol. The number of hydrogen-bond donors (Lipinski definition) is 1. The molecule has 1 unspecified atom stereocenters. The molecule has 15 heavy (non-hydrogen) atoms. The van der Waals surface area contributed by atoms with Crippen molar-refractivity contribution in [2.75, 3.05) is 0 Å². The number of nitrogens with one attached hydrogen (secondary N) is 1. The summed E-state index contributed by atoms with van der Waals surface area (Å²) in [6, 6.07) is 1.49. The zero-order valence-electron chi connectivity index (χ0n) is 10.5. The van der Waals surface area contributed by atoms with Crippen molar-refractivity contribution in [3.8, 4) is 0 Å². The quantitative estimate of drug-likeness (QED) is 0.727. The van der Waals surface area contributed by atoms with Crippen molar-refractivity contribution in [2.45, 2.75) is 77.3 Å². The highest BCUT2D eigenvalue weighted by Crippen LogP contribution is 2.34. The van der Waals surface area contributed by atoms with E-state index in [-0.39, 0.29) is 0 Å². The van der Waals surface area contributed by atoms with Crippen LogP contribution in [-0.4, -0.2) is 12.1 Å². The van der Waals surface area contributed by atoms with Gasteiger partial charge in [-0.15, -0.1) is 0 Å². The molecule has 0 aromatic rings. The Balaban J connectivity index is 1.66. The minimum atomic E-state index is 0.745. The van der Waals surface area contributed by atoms with Crippen LogP contribution in [0.15, 0.2) is 0 Å². The zero-order valence-corrected chi connectivity index (χ0v) is 10.5. The van der Waals surface area contributed by atoms with Crippen molar-refractivity contribution in [1.29, 1.82) is 0 Å². The zero-order chi connectivity index (χ0) is 10.7. The Morgan fingerprint density at radius 3 is 2.27 bits per heavy atom. The molecule has 0 heterocycles. The first-order chi connectivity index (χ1) is 7.25. The van der Waals surface area contributed by atoms with Crippen LogP contribution < -0.4 is 5.32 Å². The minimum Gasteiger partial charge on any atom is -0.311 e. The van der Waals surface area contributed by atoms with Crippen molar-refractivity contribution in [2.24, 2.45) is 11.8 Å². The molecular formula is C14H27N. The van der Waals surface area contributed by atoms with Gasteiger partial charge in [0, 0.05) is 12.1 Å². The number of hydrogen-bond acceptors (Lipinski definition) is 1. The summed E-state index contributed by atoms with van der Waals surface area (Å²) in [7, 11) is 0. The predicted molar refractivity (Wildman–Crippen MR) is 66.0 cm³/mol. The van der Waals surface area contributed by atoms with Crippen molar-refractivity contribution >= 4 is 0 Å². The smallest absolute Gasteiger partial charge is 0.00694 e. The van der Waals surface area contributed by atoms with Gasteiger partial charge in [-0.2, -0.15) is 0 Å². The van der Waals surface area contributed by atoms with Gasteiger partial charge in [-0.05, 0) is 44.9 Å². The van der Waals surface area contributed by atoms with Crippen molar-refractivity contribution < 1.29 is 0 Å². The van der Waals surface area contributed by atoms with E-state index in [1.165, 1.54) is 51.4 Å². The third-order valence-corrected chi connectivity index (χ3v) is 4.29. The molecule has 2 atom stereocenters. The minimum absolute atomic E-state index is 0.745. The van der Waals surface area contributed by atoms with Gasteiger partial charge < -0.3 is 5.32 Å². The normalized spacial score (nSPS) is 27.6. The van der Waals surface area contributed by atoms with Gasteiger partial charge in [-0.3, -0.25) is 0 Å². The van der Waals surface area contributed by atoms with Crippen molar-refractivity contribution in [3.63, 3.8) is 0 Å². The van der Waals surface area contributed by atoms with Gasteiger partial charge in [0.05, 0.1) is 0 Å². The first kappa shape index (κ1) is 11.4. The largest absolute Gasteiger partial charge is 0.311 e. The monoisotopic (exact) mass is 209 g/mol. The van der Waals surface area contributed by atoms with Crippen LogP contribution in [0.3, 0.4) is 0 Å². The molecule has 2 rings (SSSR count). The molecule has 2 saturated carbocycles. The second kappa shape index (κ2) is 5.34. The molecule has 88 valence electrons. The second-order valence-corrected chi connectivity index (χ2v) is 5.93. The van der Waals surface area contributed by atoms with Gasteiger partial charge in [0.1, 0.15) is 0 Å². The average molecular weight is 209 g/mol. The van der Waals surface area contributed by atoms with Gasteiger partial charge in [-0.1, -0.05) is 32.1 Å². The summed E-state index contributed by atoms with van der Waals surface area (Å²) in [4.78, 5) is 0. The molecule has 1 N–H and O–H groups in total. The van der Waals surface area contributed by atoms with Gasteiger partial charge in [0.15, 0.2) is 0 Å². The molecule has 0 saturated heterocycles. The lowest BCUT2D eigenvalue weighted by atomic mass is 9.84. The van der Waals surface area contributed by atoms with Gasteiger partial charge >= 0.3 is 0 Å². The van der Waals surface area contributed by atoms with Crippen molar-refractivity contribution in [3.05, 3.63) is 0 Å². The maximum Gasteiger partial charge on any atom is 0.00694 e. The fourth-order valence-electron chi connectivity index (χ4n) is 3.14. The van der Waals surface area contributed by atoms with E-state index in [2.05, 4.69) is 19.2 Å². The SMILES string of the molecule is CC(CC1CC1)N[C@@H](C)C1CCCCC1. The standard InChI is InChI=1S/C14H27N/c1-11(10-13-8-9-13)15-12(2)14-6-4-3-5-7-14/h11-15H,3-10H2,1-2H3/t11?,12-/m0/s1. The lowest BCUT2D eigenvalue weighted by Gasteiger charge is -2.30. The van der Waals surface area contributed by atoms with Crippen LogP contribution in [0.5, 0.6) is 0 Å². The summed E-state index contributed by atoms with van der Waals surface area (Å²) in [6.45, 7) is 4.77. The molecule has 0 aliphatic heterocycles. The molecule has 1 nitrogen and oxygen atoms in total. The van der Waals surface area contributed by atoms with Crippen LogP contribution in [0.25, 0.3) is 0 Å². The fourth-order valence-corrected chi connectivity index (χ4v) is 3.14. The third kappa shape index (κ3) is 3.79. The molecule has 0 aromatic carbocycles. The second-order valence-electron chi connectivity index (χ2n) is 5.93. The van der Waals surface area contributed by atoms with E-state index >= 15 is 0 Å². The fraction of sp³-hybridized carbons (Fsp3) is 1.00. The van der Waals surface area contributed by atoms with E-state index in [4.69, 9.17) is 0 Å². The molecule has 0 bridgehead atoms. The van der Waals surface area contributed by atoms with E-state index in [1.54, 1.807) is 0 Å². The Labute approximate surface area is 95.0 Å². The molecule has 2 fully saturated rings. The Morgan fingerprint density at radius 2 is 1.67 bits per heavy atom. The summed E-state index contributed by atoms with van der Waals surface area (Å²) in [6.07, 6.45) is 11.7. The lowest BCUT2D eigenvalue weighted by Crippen LogP contribution is -2.40. The van der Waals surface area contributed by atoms with Crippen LogP contribution in [0, 0.1) is 11.8 Å². The van der Waals surface area contributed by atoms with Crippen LogP contribution in [0.4, 0.5) is 0 Å². The lowest BCUT2D eigenvalue weighted by molar-refractivity contribution is 0.262. The van der Waals surface area contributed by atoms with E-state index in [0.717, 1.165) is 23.9 Å². The topological polar surface area (TPSA) is 12.0 Å². The molecule has 0 amide bonds. The molecule has 0 aromatic heterocycles. The summed E-state index contributed by atoms with van der Waals surface area (Å²) in [5.74, 6) is 2.02. The van der Waals surface area contributed by atoms with Crippen LogP contribution in [0.2, 0.25) is 0 Å². The highest BCUT2D eigenvalue weighted by atomic mass is 14.9. The Hall–Kier alpha value is -0.0400. The molecule has 1 heteroatoms. The van der Waals surface area contributed by atoms with E-state index in [9.17, 15) is 0 Å². The third-order valence-electron chi connectivity index (χ3n) is 4.29. The van der Waals surface area contributed by atoms with E-state index in [0.29, 0.717) is 0 Å². The molecule has 0 radical (unpaired) electrons. The van der Waals surface area contributed by atoms with E-state index < -0.39 is 0 Å². The average Bonchev–Trinajstić information content (AvgIpc) is 3.03. The van der Waals surface area contributed by atoms with Gasteiger partial charge in [-0.25, -0.2) is 0 Å². The summed E-state index contributed by atoms with van der Waals surface area (Å²) < 4.78 is 0. The van der Waals surface area contributed by atoms with Crippen LogP contribution >= 0.6 is 0 Å². The molecule has 0 spiro atoms. The number of rotatable bonds is 5. The highest BCUT2D eigenvalue weighted by molar-refractivity contribution is 4.82. The molecule has 2 aliphatic carbocycles. The predicted octanol–water partition coefficient (Wildman–Crippen LogP) is 3.73. The maximum atomic E-state index is 3.82. The maximum absolute atomic E-state index is 3.82. The Kier molecular flexibility index (Phi) is 4.07. The highest BCUT2D eigenvalue weighted by Gasteiger charge is 2.26. The molecule has 2 aliphatic rings. The summed E-state index contributed by atoms with van der Waals surface area (Å²) in [5, 5.41) is 3.82. The van der Waals surface area contributed by atoms with Gasteiger partial charge in [0.25, 0.3) is 0 Å². The summed E-state index contributed by atoms with van der Waals surface area (Å²) in [5.41, 5.74) is 0. The first-order valence-electron chi connectivity index (χ1n) is 7.01. The van der Waals surface area contributed by atoms with Crippen LogP contribution in [-0.2, 0) is 0 Å². The van der Waals surface area contributed by atoms with Gasteiger partial charge in [0.2, 0.25) is 0 Å². The summed E-state index contributed by atoms with van der Waals surface area (Å²) >= 11 is 0. The van der Waals surface area contributed by atoms with Crippen LogP contribution in [0.1, 0.15) is 65.2 Å². The van der Waals surface area contributed by atoms with Crippen molar-refractivity contribution in [1.82, 2.24) is 5.32 Å². The Bertz CT molecular complexity index is 180. The first-order valence-corrected chi connectivity index (χ1v) is 7.01. The van der Waals surface area contributed by atoms with E-state index in [1.807, 2.05) is 0 Å².